The molecule has 2 aromatic rings. The molecule has 0 bridgehead atoms. The summed E-state index contributed by atoms with van der Waals surface area (Å²) >= 11 is 1.66. The Balaban J connectivity index is 1.60. The van der Waals surface area contributed by atoms with Gasteiger partial charge in [-0.3, -0.25) is 9.20 Å². The Morgan fingerprint density at radius 2 is 2.17 bits per heavy atom. The van der Waals surface area contributed by atoms with E-state index >= 15 is 0 Å². The van der Waals surface area contributed by atoms with Crippen molar-refractivity contribution in [2.75, 3.05) is 7.05 Å². The lowest BCUT2D eigenvalue weighted by Gasteiger charge is -2.18. The number of hydrogen-bond acceptors (Lipinski definition) is 5. The number of carbonyl (C=O) groups excluding carboxylic acids is 1. The number of rotatable bonds is 7. The van der Waals surface area contributed by atoms with Crippen molar-refractivity contribution in [2.24, 2.45) is 10.2 Å². The lowest BCUT2D eigenvalue weighted by molar-refractivity contribution is -0.130. The molecule has 6 nitrogen and oxygen atoms in total. The number of hydrogen-bond donors (Lipinski definition) is 0. The maximum Gasteiger partial charge on any atom is 0.222 e. The molecule has 3 rings (SSSR count). The predicted octanol–water partition coefficient (Wildman–Crippen LogP) is 3.33. The van der Waals surface area contributed by atoms with Crippen LogP contribution in [0.15, 0.2) is 16.4 Å². The van der Waals surface area contributed by atoms with Crippen LogP contribution in [-0.4, -0.2) is 32.9 Å². The van der Waals surface area contributed by atoms with Crippen LogP contribution in [0.4, 0.5) is 0 Å². The van der Waals surface area contributed by atoms with Gasteiger partial charge in [0.15, 0.2) is 10.6 Å². The Morgan fingerprint density at radius 1 is 1.42 bits per heavy atom. The van der Waals surface area contributed by atoms with Crippen molar-refractivity contribution in [3.63, 3.8) is 0 Å². The number of amides is 1. The normalized spacial score (nSPS) is 14.8. The van der Waals surface area contributed by atoms with Crippen molar-refractivity contribution in [3.8, 4) is 12.3 Å². The molecule has 2 aromatic heterocycles. The summed E-state index contributed by atoms with van der Waals surface area (Å²) in [5, 5.41) is 8.16. The van der Waals surface area contributed by atoms with E-state index in [2.05, 4.69) is 38.7 Å². The van der Waals surface area contributed by atoms with E-state index in [0.29, 0.717) is 25.8 Å². The van der Waals surface area contributed by atoms with Gasteiger partial charge in [0.2, 0.25) is 5.91 Å². The zero-order chi connectivity index (χ0) is 17.3. The molecule has 7 heteroatoms. The molecular weight excluding hydrogens is 322 g/mol. The number of terminal acetylenes is 1. The average Bonchev–Trinajstić information content (AvgIpc) is 3.16. The van der Waals surface area contributed by atoms with Gasteiger partial charge in [0.1, 0.15) is 0 Å². The van der Waals surface area contributed by atoms with Crippen molar-refractivity contribution < 1.29 is 4.79 Å². The van der Waals surface area contributed by atoms with Crippen LogP contribution in [0.3, 0.4) is 0 Å². The van der Waals surface area contributed by atoms with E-state index in [0.717, 1.165) is 22.8 Å². The quantitative estimate of drug-likeness (QED) is 0.724. The van der Waals surface area contributed by atoms with Crippen LogP contribution < -0.4 is 0 Å². The van der Waals surface area contributed by atoms with E-state index in [-0.39, 0.29) is 5.91 Å². The highest BCUT2D eigenvalue weighted by molar-refractivity contribution is 7.17. The Morgan fingerprint density at radius 3 is 2.83 bits per heavy atom. The Bertz CT molecular complexity index is 835. The third-order valence-corrected chi connectivity index (χ3v) is 5.24. The lowest BCUT2D eigenvalue weighted by Crippen LogP contribution is -2.28. The first kappa shape index (κ1) is 16.7. The first-order valence-electron chi connectivity index (χ1n) is 7.99. The largest absolute Gasteiger partial charge is 0.340 e. The van der Waals surface area contributed by atoms with Gasteiger partial charge < -0.3 is 4.90 Å². The second-order valence-corrected chi connectivity index (χ2v) is 7.49. The van der Waals surface area contributed by atoms with Gasteiger partial charge >= 0.3 is 0 Å². The van der Waals surface area contributed by atoms with Crippen molar-refractivity contribution >= 4 is 22.2 Å². The molecule has 24 heavy (non-hydrogen) atoms. The molecule has 0 fully saturated rings. The Labute approximate surface area is 145 Å². The highest BCUT2D eigenvalue weighted by Crippen LogP contribution is 2.37. The van der Waals surface area contributed by atoms with Gasteiger partial charge in [0.25, 0.3) is 0 Å². The second-order valence-electron chi connectivity index (χ2n) is 6.27. The van der Waals surface area contributed by atoms with Crippen LogP contribution in [0.25, 0.3) is 4.96 Å². The lowest BCUT2D eigenvalue weighted by atomic mass is 10.0. The van der Waals surface area contributed by atoms with Gasteiger partial charge in [-0.15, -0.1) is 23.7 Å². The first-order valence-corrected chi connectivity index (χ1v) is 8.81. The highest BCUT2D eigenvalue weighted by atomic mass is 32.1. The van der Waals surface area contributed by atoms with Gasteiger partial charge in [-0.2, -0.15) is 10.2 Å². The molecule has 0 atom stereocenters. The maximum atomic E-state index is 12.4. The maximum absolute atomic E-state index is 12.4. The summed E-state index contributed by atoms with van der Waals surface area (Å²) in [5.74, 6) is 2.70. The number of aromatic nitrogens is 2. The Hall–Kier alpha value is -2.20. The Kier molecular flexibility index (Phi) is 4.41. The standard InChI is InChI=1S/C17H21N5OS/c1-5-6-8-17(19-20-17)9-7-15(23)21(4)11-14-13(3)18-16-22(14)10-12(2)24-16/h1,10H,6-9,11H2,2-4H3. The van der Waals surface area contributed by atoms with E-state index in [1.54, 1.807) is 16.2 Å². The number of carbonyl (C=O) groups is 1. The highest BCUT2D eigenvalue weighted by Gasteiger charge is 2.39. The molecule has 0 aromatic carbocycles. The number of fused-ring (bicyclic) bond motifs is 1. The fourth-order valence-corrected chi connectivity index (χ4v) is 3.67. The van der Waals surface area contributed by atoms with Crippen molar-refractivity contribution in [1.29, 1.82) is 0 Å². The molecular formula is C17H21N5OS. The van der Waals surface area contributed by atoms with Crippen LogP contribution in [-0.2, 0) is 11.3 Å². The van der Waals surface area contributed by atoms with Crippen molar-refractivity contribution in [1.82, 2.24) is 14.3 Å². The van der Waals surface area contributed by atoms with Gasteiger partial charge in [-0.05, 0) is 13.8 Å². The minimum Gasteiger partial charge on any atom is -0.340 e. The van der Waals surface area contributed by atoms with Gasteiger partial charge in [-0.1, -0.05) is 0 Å². The number of aryl methyl sites for hydroxylation is 2. The number of nitrogens with zero attached hydrogens (tertiary/aromatic N) is 5. The molecule has 0 saturated heterocycles. The summed E-state index contributed by atoms with van der Waals surface area (Å²) in [5.41, 5.74) is 1.64. The number of imidazole rings is 1. The third-order valence-electron chi connectivity index (χ3n) is 4.35. The van der Waals surface area contributed by atoms with E-state index in [1.165, 1.54) is 4.88 Å². The van der Waals surface area contributed by atoms with E-state index in [9.17, 15) is 4.79 Å². The van der Waals surface area contributed by atoms with Crippen LogP contribution in [0.2, 0.25) is 0 Å². The summed E-state index contributed by atoms with van der Waals surface area (Å²) in [6, 6.07) is 0. The molecule has 0 unspecified atom stereocenters. The minimum absolute atomic E-state index is 0.0914. The van der Waals surface area contributed by atoms with Crippen molar-refractivity contribution in [2.45, 2.75) is 51.7 Å². The number of thiazole rings is 1. The topological polar surface area (TPSA) is 62.3 Å². The molecule has 1 aliphatic rings. The van der Waals surface area contributed by atoms with E-state index in [4.69, 9.17) is 6.42 Å². The summed E-state index contributed by atoms with van der Waals surface area (Å²) in [6.45, 7) is 4.60. The van der Waals surface area contributed by atoms with Gasteiger partial charge in [0, 0.05) is 43.8 Å². The van der Waals surface area contributed by atoms with Crippen LogP contribution >= 0.6 is 11.3 Å². The summed E-state index contributed by atoms with van der Waals surface area (Å²) < 4.78 is 2.08. The molecule has 1 aliphatic heterocycles. The summed E-state index contributed by atoms with van der Waals surface area (Å²) in [6.07, 6.45) is 9.80. The van der Waals surface area contributed by atoms with E-state index in [1.807, 2.05) is 14.0 Å². The first-order chi connectivity index (χ1) is 11.4. The third kappa shape index (κ3) is 3.34. The van der Waals surface area contributed by atoms with Gasteiger partial charge in [0.05, 0.1) is 17.9 Å². The second kappa shape index (κ2) is 6.36. The molecule has 3 heterocycles. The predicted molar refractivity (Wildman–Crippen MR) is 93.9 cm³/mol. The van der Waals surface area contributed by atoms with Gasteiger partial charge in [-0.25, -0.2) is 4.98 Å². The molecule has 126 valence electrons. The van der Waals surface area contributed by atoms with Crippen LogP contribution in [0.1, 0.15) is 41.9 Å². The molecule has 0 radical (unpaired) electrons. The molecule has 0 N–H and O–H groups in total. The average molecular weight is 343 g/mol. The summed E-state index contributed by atoms with van der Waals surface area (Å²) in [4.78, 5) is 21.0. The summed E-state index contributed by atoms with van der Waals surface area (Å²) in [7, 11) is 1.83. The molecule has 0 spiro atoms. The fraction of sp³-hybridized carbons (Fsp3) is 0.529. The monoisotopic (exact) mass is 343 g/mol. The van der Waals surface area contributed by atoms with Crippen LogP contribution in [0, 0.1) is 26.2 Å². The zero-order valence-electron chi connectivity index (χ0n) is 14.2. The van der Waals surface area contributed by atoms with E-state index < -0.39 is 5.66 Å². The minimum atomic E-state index is -0.396. The van der Waals surface area contributed by atoms with Crippen LogP contribution in [0.5, 0.6) is 0 Å². The fourth-order valence-electron chi connectivity index (χ4n) is 2.78. The molecule has 0 saturated carbocycles. The molecule has 1 amide bonds. The van der Waals surface area contributed by atoms with Crippen molar-refractivity contribution in [3.05, 3.63) is 22.5 Å². The zero-order valence-corrected chi connectivity index (χ0v) is 15.1. The SMILES string of the molecule is C#CCCC1(CCC(=O)N(C)Cc2c(C)nc3sc(C)cn23)N=N1. The smallest absolute Gasteiger partial charge is 0.222 e. The molecule has 0 aliphatic carbocycles.